The second kappa shape index (κ2) is 8.42. The smallest absolute Gasteiger partial charge is 0.252 e. The molecule has 0 radical (unpaired) electrons. The lowest BCUT2D eigenvalue weighted by atomic mass is 9.98. The molecule has 1 aromatic heterocycles. The molecule has 162 valence electrons. The van der Waals surface area contributed by atoms with Crippen LogP contribution in [0.2, 0.25) is 0 Å². The van der Waals surface area contributed by atoms with E-state index in [1.165, 1.54) is 0 Å². The van der Waals surface area contributed by atoms with Gasteiger partial charge in [0.2, 0.25) is 5.91 Å². The maximum absolute atomic E-state index is 12.2. The third-order valence-corrected chi connectivity index (χ3v) is 5.95. The molecule has 1 saturated heterocycles. The van der Waals surface area contributed by atoms with Crippen LogP contribution < -0.4 is 15.2 Å². The van der Waals surface area contributed by atoms with E-state index in [0.717, 1.165) is 18.2 Å². The van der Waals surface area contributed by atoms with Crippen LogP contribution in [0, 0.1) is 23.2 Å². The van der Waals surface area contributed by atoms with E-state index >= 15 is 0 Å². The Kier molecular flexibility index (Phi) is 5.68. The van der Waals surface area contributed by atoms with Crippen LogP contribution in [-0.2, 0) is 4.79 Å². The van der Waals surface area contributed by atoms with Gasteiger partial charge in [-0.1, -0.05) is 0 Å². The van der Waals surface area contributed by atoms with Gasteiger partial charge in [0.25, 0.3) is 5.91 Å². The summed E-state index contributed by atoms with van der Waals surface area (Å²) >= 11 is 0. The fraction of sp³-hybridized carbons (Fsp3) is 0.478. The van der Waals surface area contributed by atoms with Gasteiger partial charge in [-0.15, -0.1) is 0 Å². The van der Waals surface area contributed by atoms with Crippen molar-refractivity contribution in [2.24, 2.45) is 17.6 Å². The van der Waals surface area contributed by atoms with Gasteiger partial charge in [0.15, 0.2) is 0 Å². The molecule has 2 bridgehead atoms. The van der Waals surface area contributed by atoms with Crippen molar-refractivity contribution in [3.63, 3.8) is 0 Å². The summed E-state index contributed by atoms with van der Waals surface area (Å²) in [5.74, 6) is 0.995. The second-order valence-electron chi connectivity index (χ2n) is 8.59. The van der Waals surface area contributed by atoms with E-state index in [1.54, 1.807) is 23.2 Å². The Balaban J connectivity index is 1.61. The lowest BCUT2D eigenvalue weighted by Gasteiger charge is -2.32. The summed E-state index contributed by atoms with van der Waals surface area (Å²) in [7, 11) is 0. The molecule has 2 N–H and O–H groups in total. The average Bonchev–Trinajstić information content (AvgIpc) is 3.00. The highest BCUT2D eigenvalue weighted by Crippen LogP contribution is 2.41. The molecule has 2 aromatic rings. The summed E-state index contributed by atoms with van der Waals surface area (Å²) in [5.41, 5.74) is 6.43. The van der Waals surface area contributed by atoms with Crippen molar-refractivity contribution in [2.45, 2.75) is 45.3 Å². The van der Waals surface area contributed by atoms with Crippen LogP contribution in [0.5, 0.6) is 11.5 Å². The number of aromatic nitrogens is 1. The van der Waals surface area contributed by atoms with E-state index in [9.17, 15) is 9.59 Å². The van der Waals surface area contributed by atoms with Crippen molar-refractivity contribution in [1.82, 2.24) is 9.88 Å². The van der Waals surface area contributed by atoms with Crippen molar-refractivity contribution < 1.29 is 19.1 Å². The third kappa shape index (κ3) is 4.26. The fourth-order valence-electron chi connectivity index (χ4n) is 4.69. The Bertz CT molecular complexity index is 1060. The van der Waals surface area contributed by atoms with Gasteiger partial charge in [-0.3, -0.25) is 14.6 Å². The van der Waals surface area contributed by atoms with E-state index in [-0.39, 0.29) is 36.0 Å². The van der Waals surface area contributed by atoms with Gasteiger partial charge >= 0.3 is 0 Å². The van der Waals surface area contributed by atoms with Crippen molar-refractivity contribution in [1.29, 1.82) is 5.26 Å². The molecular weight excluding hydrogens is 396 g/mol. The summed E-state index contributed by atoms with van der Waals surface area (Å²) in [5, 5.41) is 9.58. The van der Waals surface area contributed by atoms with Gasteiger partial charge in [-0.25, -0.2) is 0 Å². The molecular formula is C23H26N4O4. The lowest BCUT2D eigenvalue weighted by Crippen LogP contribution is -2.42. The topological polar surface area (TPSA) is 119 Å². The largest absolute Gasteiger partial charge is 0.490 e. The number of carbonyl (C=O) groups excluding carboxylic acids is 2. The molecule has 3 atom stereocenters. The maximum Gasteiger partial charge on any atom is 0.252 e. The molecule has 2 fully saturated rings. The average molecular weight is 422 g/mol. The monoisotopic (exact) mass is 422 g/mol. The SMILES string of the molecule is CC(C)Oc1cc2c(O[C@@H]3C[C@@H]4C[C@H]3CN(C(=O)CC#N)C4)ccnc2cc1C(N)=O. The van der Waals surface area contributed by atoms with E-state index in [1.807, 2.05) is 26.0 Å². The van der Waals surface area contributed by atoms with Crippen molar-refractivity contribution >= 4 is 22.7 Å². The Morgan fingerprint density at radius 2 is 2.10 bits per heavy atom. The highest BCUT2D eigenvalue weighted by Gasteiger charge is 2.42. The van der Waals surface area contributed by atoms with E-state index in [0.29, 0.717) is 36.0 Å². The number of benzene rings is 1. The predicted molar refractivity (Wildman–Crippen MR) is 113 cm³/mol. The van der Waals surface area contributed by atoms with Gasteiger partial charge < -0.3 is 20.1 Å². The van der Waals surface area contributed by atoms with Gasteiger partial charge in [-0.2, -0.15) is 5.26 Å². The summed E-state index contributed by atoms with van der Waals surface area (Å²) in [6, 6.07) is 7.16. The molecule has 2 amide bonds. The zero-order valence-corrected chi connectivity index (χ0v) is 17.7. The number of fused-ring (bicyclic) bond motifs is 3. The number of piperidine rings is 1. The number of amides is 2. The Labute approximate surface area is 180 Å². The summed E-state index contributed by atoms with van der Waals surface area (Å²) in [6.45, 7) is 5.06. The molecule has 2 aliphatic rings. The van der Waals surface area contributed by atoms with Crippen LogP contribution in [0.25, 0.3) is 10.9 Å². The van der Waals surface area contributed by atoms with Crippen LogP contribution in [0.3, 0.4) is 0 Å². The molecule has 1 saturated carbocycles. The Morgan fingerprint density at radius 3 is 2.81 bits per heavy atom. The summed E-state index contributed by atoms with van der Waals surface area (Å²) in [6.07, 6.45) is 3.29. The van der Waals surface area contributed by atoms with E-state index in [4.69, 9.17) is 20.5 Å². The number of carbonyl (C=O) groups is 2. The van der Waals surface area contributed by atoms with Crippen LogP contribution in [0.4, 0.5) is 0 Å². The molecule has 1 aliphatic heterocycles. The van der Waals surface area contributed by atoms with Gasteiger partial charge in [0.05, 0.1) is 23.3 Å². The standard InChI is InChI=1S/C23H26N4O4/c1-13(2)30-21-10-16-18(9-17(21)23(25)29)26-6-4-19(16)31-20-8-14-7-15(20)12-27(11-14)22(28)3-5-24/h4,6,9-10,13-15,20H,3,7-8,11-12H2,1-2H3,(H2,25,29)/t14-,15-,20+/m0/s1. The number of nitriles is 1. The minimum atomic E-state index is -0.572. The van der Waals surface area contributed by atoms with Crippen molar-refractivity contribution in [2.75, 3.05) is 13.1 Å². The molecule has 1 aliphatic carbocycles. The normalized spacial score (nSPS) is 22.4. The van der Waals surface area contributed by atoms with Crippen molar-refractivity contribution in [3.05, 3.63) is 30.0 Å². The third-order valence-electron chi connectivity index (χ3n) is 5.95. The van der Waals surface area contributed by atoms with E-state index in [2.05, 4.69) is 4.98 Å². The highest BCUT2D eigenvalue weighted by atomic mass is 16.5. The zero-order valence-electron chi connectivity index (χ0n) is 17.7. The Hall–Kier alpha value is -3.34. The second-order valence-corrected chi connectivity index (χ2v) is 8.59. The number of pyridine rings is 1. The quantitative estimate of drug-likeness (QED) is 0.764. The first-order valence-corrected chi connectivity index (χ1v) is 10.6. The minimum absolute atomic E-state index is 0.0271. The number of rotatable bonds is 6. The molecule has 4 rings (SSSR count). The highest BCUT2D eigenvalue weighted by molar-refractivity contribution is 6.01. The van der Waals surface area contributed by atoms with Crippen LogP contribution in [0.15, 0.2) is 24.4 Å². The molecule has 0 spiro atoms. The molecule has 8 heteroatoms. The lowest BCUT2D eigenvalue weighted by molar-refractivity contribution is -0.132. The van der Waals surface area contributed by atoms with Gasteiger partial charge in [-0.05, 0) is 50.8 Å². The number of likely N-dealkylation sites (tertiary alicyclic amines) is 1. The zero-order chi connectivity index (χ0) is 22.1. The van der Waals surface area contributed by atoms with Gasteiger partial charge in [0.1, 0.15) is 24.0 Å². The number of hydrogen-bond donors (Lipinski definition) is 1. The number of hydrogen-bond acceptors (Lipinski definition) is 6. The first-order valence-electron chi connectivity index (χ1n) is 10.6. The van der Waals surface area contributed by atoms with Crippen LogP contribution >= 0.6 is 0 Å². The van der Waals surface area contributed by atoms with Gasteiger partial charge in [0, 0.05) is 30.6 Å². The number of ether oxygens (including phenoxy) is 2. The summed E-state index contributed by atoms with van der Waals surface area (Å²) in [4.78, 5) is 30.2. The molecule has 8 nitrogen and oxygen atoms in total. The molecule has 31 heavy (non-hydrogen) atoms. The number of primary amides is 1. The molecule has 2 heterocycles. The fourth-order valence-corrected chi connectivity index (χ4v) is 4.69. The summed E-state index contributed by atoms with van der Waals surface area (Å²) < 4.78 is 12.3. The maximum atomic E-state index is 12.2. The minimum Gasteiger partial charge on any atom is -0.490 e. The number of nitrogens with zero attached hydrogens (tertiary/aromatic N) is 3. The van der Waals surface area contributed by atoms with Crippen LogP contribution in [0.1, 0.15) is 43.5 Å². The number of nitrogens with two attached hydrogens (primary N) is 1. The molecule has 1 aromatic carbocycles. The molecule has 0 unspecified atom stereocenters. The first kappa shape index (κ1) is 20.9. The van der Waals surface area contributed by atoms with Crippen LogP contribution in [-0.4, -0.2) is 47.0 Å². The Morgan fingerprint density at radius 1 is 1.29 bits per heavy atom. The first-order chi connectivity index (χ1) is 14.9. The predicted octanol–water partition coefficient (Wildman–Crippen LogP) is 2.65. The van der Waals surface area contributed by atoms with Crippen molar-refractivity contribution in [3.8, 4) is 17.6 Å². The van der Waals surface area contributed by atoms with E-state index < -0.39 is 5.91 Å².